The molecule has 1 aliphatic heterocycles. The van der Waals surface area contributed by atoms with E-state index < -0.39 is 58.8 Å². The van der Waals surface area contributed by atoms with Crippen LogP contribution in [0, 0.1) is 17.3 Å². The summed E-state index contributed by atoms with van der Waals surface area (Å²) in [5, 5.41) is 12.5. The predicted molar refractivity (Wildman–Crippen MR) is 148 cm³/mol. The van der Waals surface area contributed by atoms with Gasteiger partial charge in [-0.3, -0.25) is 14.4 Å². The molecule has 4 aliphatic rings. The van der Waals surface area contributed by atoms with Crippen molar-refractivity contribution in [2.45, 2.75) is 95.4 Å². The van der Waals surface area contributed by atoms with Crippen molar-refractivity contribution in [3.05, 3.63) is 47.0 Å². The first kappa shape index (κ1) is 29.9. The second-order valence-corrected chi connectivity index (χ2v) is 12.5. The van der Waals surface area contributed by atoms with Crippen LogP contribution in [0.15, 0.2) is 41.5 Å². The molecule has 5 rings (SSSR count). The molecule has 9 heteroatoms. The van der Waals surface area contributed by atoms with Crippen molar-refractivity contribution >= 4 is 17.7 Å². The first-order valence-corrected chi connectivity index (χ1v) is 14.5. The number of hydrogen-bond acceptors (Lipinski definition) is 9. The lowest BCUT2D eigenvalue weighted by Gasteiger charge is -2.65. The lowest BCUT2D eigenvalue weighted by molar-refractivity contribution is -0.327. The SMILES string of the molecule is COC1C(=O)C2(C)C(OC)CC3OC[C@@]3(OC(C)=O)C2CC2(O)C[C@H](OC(=O)CCc3ccccc3)C(C)=C1C2C. The third-order valence-electron chi connectivity index (χ3n) is 10.4. The molecule has 1 heterocycles. The number of esters is 2. The summed E-state index contributed by atoms with van der Waals surface area (Å²) in [5.41, 5.74) is -1.23. The summed E-state index contributed by atoms with van der Waals surface area (Å²) in [5.74, 6) is -2.15. The molecule has 3 fully saturated rings. The summed E-state index contributed by atoms with van der Waals surface area (Å²) in [7, 11) is 3.04. The van der Waals surface area contributed by atoms with Gasteiger partial charge in [-0.2, -0.15) is 0 Å². The Bertz CT molecular complexity index is 1230. The maximum absolute atomic E-state index is 14.6. The molecule has 1 aromatic rings. The Kier molecular flexibility index (Phi) is 7.96. The highest BCUT2D eigenvalue weighted by molar-refractivity contribution is 5.93. The van der Waals surface area contributed by atoms with E-state index in [2.05, 4.69) is 0 Å². The van der Waals surface area contributed by atoms with E-state index in [1.165, 1.54) is 14.0 Å². The van der Waals surface area contributed by atoms with Crippen LogP contribution in [0.4, 0.5) is 0 Å². The number of ketones is 1. The Hall–Kier alpha value is -2.59. The van der Waals surface area contributed by atoms with Crippen molar-refractivity contribution in [2.75, 3.05) is 20.8 Å². The van der Waals surface area contributed by atoms with Crippen LogP contribution in [0.25, 0.3) is 0 Å². The fraction of sp³-hybridized carbons (Fsp3) is 0.656. The van der Waals surface area contributed by atoms with Gasteiger partial charge in [0.1, 0.15) is 18.3 Å². The molecule has 41 heavy (non-hydrogen) atoms. The number of hydrogen-bond donors (Lipinski definition) is 1. The second-order valence-electron chi connectivity index (χ2n) is 12.5. The molecule has 1 saturated heterocycles. The molecule has 7 unspecified atom stereocenters. The number of methoxy groups -OCH3 is 2. The highest BCUT2D eigenvalue weighted by atomic mass is 16.6. The quantitative estimate of drug-likeness (QED) is 0.389. The van der Waals surface area contributed by atoms with Crippen molar-refractivity contribution < 1.29 is 43.2 Å². The minimum atomic E-state index is -1.38. The molecule has 0 amide bonds. The summed E-state index contributed by atoms with van der Waals surface area (Å²) < 4.78 is 29.7. The minimum Gasteiger partial charge on any atom is -0.458 e. The smallest absolute Gasteiger partial charge is 0.306 e. The lowest BCUT2D eigenvalue weighted by Crippen LogP contribution is -2.77. The van der Waals surface area contributed by atoms with Crippen LogP contribution in [-0.2, 0) is 44.5 Å². The number of carbonyl (C=O) groups excluding carboxylic acids is 3. The molecular formula is C32H42O9. The Labute approximate surface area is 241 Å². The maximum Gasteiger partial charge on any atom is 0.306 e. The predicted octanol–water partition coefficient (Wildman–Crippen LogP) is 3.35. The molecule has 2 bridgehead atoms. The van der Waals surface area contributed by atoms with E-state index in [4.69, 9.17) is 23.7 Å². The number of carbonyl (C=O) groups is 3. The zero-order valence-corrected chi connectivity index (χ0v) is 24.8. The molecule has 224 valence electrons. The number of ether oxygens (including phenoxy) is 5. The summed E-state index contributed by atoms with van der Waals surface area (Å²) in [6.07, 6.45) is -1.37. The van der Waals surface area contributed by atoms with Crippen molar-refractivity contribution in [3.63, 3.8) is 0 Å². The average Bonchev–Trinajstić information content (AvgIpc) is 2.93. The molecule has 2 saturated carbocycles. The number of fused-ring (bicyclic) bond motifs is 5. The van der Waals surface area contributed by atoms with Crippen LogP contribution < -0.4 is 0 Å². The van der Waals surface area contributed by atoms with Gasteiger partial charge in [0, 0.05) is 52.2 Å². The number of benzene rings is 1. The van der Waals surface area contributed by atoms with Gasteiger partial charge >= 0.3 is 11.9 Å². The largest absolute Gasteiger partial charge is 0.458 e. The van der Waals surface area contributed by atoms with E-state index in [0.717, 1.165) is 11.1 Å². The maximum atomic E-state index is 14.6. The van der Waals surface area contributed by atoms with Crippen LogP contribution in [0.1, 0.15) is 58.9 Å². The summed E-state index contributed by atoms with van der Waals surface area (Å²) >= 11 is 0. The van der Waals surface area contributed by atoms with Gasteiger partial charge in [0.25, 0.3) is 0 Å². The van der Waals surface area contributed by atoms with Gasteiger partial charge in [-0.25, -0.2) is 0 Å². The molecule has 0 radical (unpaired) electrons. The first-order chi connectivity index (χ1) is 19.4. The Balaban J connectivity index is 1.54. The van der Waals surface area contributed by atoms with Crippen LogP contribution in [0.3, 0.4) is 0 Å². The molecule has 1 aromatic carbocycles. The Morgan fingerprint density at radius 1 is 1.12 bits per heavy atom. The van der Waals surface area contributed by atoms with E-state index in [0.29, 0.717) is 18.4 Å². The van der Waals surface area contributed by atoms with E-state index in [1.54, 1.807) is 7.11 Å². The van der Waals surface area contributed by atoms with Crippen molar-refractivity contribution in [1.82, 2.24) is 0 Å². The Morgan fingerprint density at radius 3 is 2.41 bits per heavy atom. The molecular weight excluding hydrogens is 528 g/mol. The van der Waals surface area contributed by atoms with E-state index in [9.17, 15) is 19.5 Å². The normalized spacial score (nSPS) is 39.9. The number of aryl methyl sites for hydroxylation is 1. The molecule has 0 spiro atoms. The number of Topliss-reactive ketones (excluding diaryl/α,β-unsaturated/α-hetero) is 1. The highest BCUT2D eigenvalue weighted by Gasteiger charge is 2.73. The third kappa shape index (κ3) is 4.75. The lowest BCUT2D eigenvalue weighted by atomic mass is 9.48. The van der Waals surface area contributed by atoms with Crippen LogP contribution in [-0.4, -0.2) is 79.3 Å². The molecule has 9 nitrogen and oxygen atoms in total. The fourth-order valence-electron chi connectivity index (χ4n) is 8.03. The average molecular weight is 571 g/mol. The zero-order chi connectivity index (χ0) is 29.7. The first-order valence-electron chi connectivity index (χ1n) is 14.5. The third-order valence-corrected chi connectivity index (χ3v) is 10.4. The van der Waals surface area contributed by atoms with Gasteiger partial charge in [0.2, 0.25) is 0 Å². The molecule has 1 N–H and O–H groups in total. The van der Waals surface area contributed by atoms with Crippen molar-refractivity contribution in [1.29, 1.82) is 0 Å². The van der Waals surface area contributed by atoms with Gasteiger partial charge in [-0.05, 0) is 43.4 Å². The van der Waals surface area contributed by atoms with Crippen LogP contribution >= 0.6 is 0 Å². The number of rotatable bonds is 7. The topological polar surface area (TPSA) is 118 Å². The standard InChI is InChI=1S/C32H42O9/c1-18-22(40-26(34)13-12-21-10-8-7-9-11-21)15-31(36)16-23-30(4,29(35)28(38-6)27(18)19(31)2)24(37-5)14-25-32(23,17-39-25)41-20(3)33/h7-11,19,22-25,28,36H,12-17H2,1-6H3/t19?,22-,23?,24?,25?,28?,30?,31?,32+/m0/s1. The van der Waals surface area contributed by atoms with E-state index >= 15 is 0 Å². The fourth-order valence-corrected chi connectivity index (χ4v) is 8.03. The minimum absolute atomic E-state index is 0.128. The van der Waals surface area contributed by atoms with Crippen molar-refractivity contribution in [2.24, 2.45) is 17.3 Å². The van der Waals surface area contributed by atoms with Gasteiger partial charge < -0.3 is 28.8 Å². The zero-order valence-electron chi connectivity index (χ0n) is 24.8. The van der Waals surface area contributed by atoms with E-state index in [-0.39, 0.29) is 37.6 Å². The van der Waals surface area contributed by atoms with Crippen LogP contribution in [0.2, 0.25) is 0 Å². The highest BCUT2D eigenvalue weighted by Crippen LogP contribution is 2.61. The van der Waals surface area contributed by atoms with Gasteiger partial charge in [-0.1, -0.05) is 37.3 Å². The van der Waals surface area contributed by atoms with Gasteiger partial charge in [-0.15, -0.1) is 0 Å². The molecule has 3 aliphatic carbocycles. The summed E-state index contributed by atoms with van der Waals surface area (Å²) in [6, 6.07) is 9.70. The van der Waals surface area contributed by atoms with E-state index in [1.807, 2.05) is 51.1 Å². The number of aliphatic hydroxyl groups is 1. The van der Waals surface area contributed by atoms with Crippen molar-refractivity contribution in [3.8, 4) is 0 Å². The summed E-state index contributed by atoms with van der Waals surface area (Å²) in [6.45, 7) is 7.05. The molecule has 0 aromatic heterocycles. The second kappa shape index (κ2) is 10.9. The monoisotopic (exact) mass is 570 g/mol. The summed E-state index contributed by atoms with van der Waals surface area (Å²) in [4.78, 5) is 40.0. The molecule has 9 atom stereocenters. The Morgan fingerprint density at radius 2 is 1.83 bits per heavy atom. The van der Waals surface area contributed by atoms with Gasteiger partial charge in [0.15, 0.2) is 11.4 Å². The van der Waals surface area contributed by atoms with Crippen LogP contribution in [0.5, 0.6) is 0 Å². The van der Waals surface area contributed by atoms with Gasteiger partial charge in [0.05, 0.1) is 23.7 Å².